The van der Waals surface area contributed by atoms with Gasteiger partial charge in [-0.1, -0.05) is 22.9 Å². The fourth-order valence-corrected chi connectivity index (χ4v) is 1.69. The quantitative estimate of drug-likeness (QED) is 0.649. The van der Waals surface area contributed by atoms with Crippen molar-refractivity contribution in [2.75, 3.05) is 17.7 Å². The Labute approximate surface area is 66.8 Å². The predicted molar refractivity (Wildman–Crippen MR) is 43.0 cm³/mol. The standard InChI is InChI=1S/C5H11BrO2S/c1-2-4-8-9(7)5-3-6/h2-5H2,1H3. The minimum atomic E-state index is -1.07. The number of halogens is 1. The number of hydrogen-bond donors (Lipinski definition) is 0. The Morgan fingerprint density at radius 2 is 2.33 bits per heavy atom. The van der Waals surface area contributed by atoms with Crippen LogP contribution < -0.4 is 0 Å². The first kappa shape index (κ1) is 9.59. The molecule has 0 fully saturated rings. The molecule has 0 bridgehead atoms. The highest BCUT2D eigenvalue weighted by molar-refractivity contribution is 9.09. The summed E-state index contributed by atoms with van der Waals surface area (Å²) in [6, 6.07) is 0. The summed E-state index contributed by atoms with van der Waals surface area (Å²) in [5, 5.41) is 0.739. The largest absolute Gasteiger partial charge is 0.291 e. The Morgan fingerprint density at radius 1 is 1.67 bits per heavy atom. The molecular weight excluding hydrogens is 204 g/mol. The van der Waals surface area contributed by atoms with Crippen LogP contribution in [-0.2, 0) is 15.3 Å². The first-order valence-corrected chi connectivity index (χ1v) is 5.25. The monoisotopic (exact) mass is 214 g/mol. The predicted octanol–water partition coefficient (Wildman–Crippen LogP) is 1.47. The average Bonchev–Trinajstić information content (AvgIpc) is 1.85. The minimum Gasteiger partial charge on any atom is -0.291 e. The van der Waals surface area contributed by atoms with Gasteiger partial charge in [-0.05, 0) is 6.42 Å². The summed E-state index contributed by atoms with van der Waals surface area (Å²) in [6.45, 7) is 2.59. The van der Waals surface area contributed by atoms with Crippen LogP contribution in [0.1, 0.15) is 13.3 Å². The molecule has 0 saturated heterocycles. The summed E-state index contributed by atoms with van der Waals surface area (Å²) in [4.78, 5) is 0. The maximum Gasteiger partial charge on any atom is 0.156 e. The van der Waals surface area contributed by atoms with Gasteiger partial charge in [0, 0.05) is 5.33 Å². The van der Waals surface area contributed by atoms with E-state index in [4.69, 9.17) is 4.18 Å². The van der Waals surface area contributed by atoms with Crippen LogP contribution in [-0.4, -0.2) is 21.9 Å². The molecule has 0 aromatic carbocycles. The summed E-state index contributed by atoms with van der Waals surface area (Å²) >= 11 is 2.10. The fourth-order valence-electron chi connectivity index (χ4n) is 0.298. The summed E-state index contributed by atoms with van der Waals surface area (Å²) < 4.78 is 15.5. The molecule has 0 rings (SSSR count). The van der Waals surface area contributed by atoms with Crippen LogP contribution >= 0.6 is 15.9 Å². The van der Waals surface area contributed by atoms with E-state index in [2.05, 4.69) is 15.9 Å². The van der Waals surface area contributed by atoms with Gasteiger partial charge in [0.2, 0.25) is 0 Å². The van der Waals surface area contributed by atoms with Crippen molar-refractivity contribution in [1.29, 1.82) is 0 Å². The van der Waals surface area contributed by atoms with E-state index >= 15 is 0 Å². The van der Waals surface area contributed by atoms with Gasteiger partial charge < -0.3 is 0 Å². The highest BCUT2D eigenvalue weighted by Crippen LogP contribution is 1.90. The molecule has 0 aromatic rings. The van der Waals surface area contributed by atoms with E-state index in [1.807, 2.05) is 6.92 Å². The lowest BCUT2D eigenvalue weighted by Crippen LogP contribution is -2.03. The second kappa shape index (κ2) is 6.71. The van der Waals surface area contributed by atoms with E-state index in [0.717, 1.165) is 11.8 Å². The van der Waals surface area contributed by atoms with Gasteiger partial charge in [-0.3, -0.25) is 4.18 Å². The van der Waals surface area contributed by atoms with Crippen molar-refractivity contribution in [3.05, 3.63) is 0 Å². The van der Waals surface area contributed by atoms with E-state index in [-0.39, 0.29) is 0 Å². The Hall–Kier alpha value is 0.590. The minimum absolute atomic E-state index is 0.583. The molecule has 1 unspecified atom stereocenters. The third kappa shape index (κ3) is 6.48. The molecular formula is C5H11BrO2S. The molecule has 0 aliphatic rings. The van der Waals surface area contributed by atoms with Gasteiger partial charge in [0.1, 0.15) is 0 Å². The molecule has 0 saturated carbocycles. The Balaban J connectivity index is 3.06. The van der Waals surface area contributed by atoms with Gasteiger partial charge in [0.15, 0.2) is 11.1 Å². The number of alkyl halides is 1. The van der Waals surface area contributed by atoms with Crippen LogP contribution in [0.5, 0.6) is 0 Å². The second-order valence-electron chi connectivity index (χ2n) is 1.52. The van der Waals surface area contributed by atoms with Crippen LogP contribution in [0.2, 0.25) is 0 Å². The lowest BCUT2D eigenvalue weighted by atomic mass is 10.5. The molecule has 0 radical (unpaired) electrons. The molecule has 1 atom stereocenters. The summed E-state index contributed by atoms with van der Waals surface area (Å²) in [5.41, 5.74) is 0. The maximum atomic E-state index is 10.7. The highest BCUT2D eigenvalue weighted by atomic mass is 79.9. The molecule has 0 aliphatic carbocycles. The molecule has 0 amide bonds. The van der Waals surface area contributed by atoms with Crippen LogP contribution in [0, 0.1) is 0 Å². The van der Waals surface area contributed by atoms with Crippen molar-refractivity contribution in [3.63, 3.8) is 0 Å². The zero-order chi connectivity index (χ0) is 7.11. The van der Waals surface area contributed by atoms with Gasteiger partial charge in [0.05, 0.1) is 12.4 Å². The molecule has 0 heterocycles. The summed E-state index contributed by atoms with van der Waals surface area (Å²) in [5.74, 6) is 0.583. The normalized spacial score (nSPS) is 13.6. The van der Waals surface area contributed by atoms with Gasteiger partial charge in [-0.2, -0.15) is 0 Å². The van der Waals surface area contributed by atoms with Crippen molar-refractivity contribution in [2.24, 2.45) is 0 Å². The Kier molecular flexibility index (Phi) is 7.15. The van der Waals surface area contributed by atoms with Crippen molar-refractivity contribution in [1.82, 2.24) is 0 Å². The van der Waals surface area contributed by atoms with Crippen molar-refractivity contribution < 1.29 is 8.39 Å². The van der Waals surface area contributed by atoms with E-state index in [1.165, 1.54) is 0 Å². The van der Waals surface area contributed by atoms with Crippen LogP contribution in [0.25, 0.3) is 0 Å². The van der Waals surface area contributed by atoms with Gasteiger partial charge >= 0.3 is 0 Å². The van der Waals surface area contributed by atoms with E-state index < -0.39 is 11.1 Å². The molecule has 0 aromatic heterocycles. The summed E-state index contributed by atoms with van der Waals surface area (Å²) in [6.07, 6.45) is 0.925. The summed E-state index contributed by atoms with van der Waals surface area (Å²) in [7, 11) is 0. The highest BCUT2D eigenvalue weighted by Gasteiger charge is 1.95. The molecule has 9 heavy (non-hydrogen) atoms. The van der Waals surface area contributed by atoms with E-state index in [9.17, 15) is 4.21 Å². The van der Waals surface area contributed by atoms with Gasteiger partial charge in [-0.25, -0.2) is 4.21 Å². The van der Waals surface area contributed by atoms with Crippen LogP contribution in [0.15, 0.2) is 0 Å². The topological polar surface area (TPSA) is 26.3 Å². The first-order valence-electron chi connectivity index (χ1n) is 2.89. The van der Waals surface area contributed by atoms with Crippen molar-refractivity contribution in [3.8, 4) is 0 Å². The smallest absolute Gasteiger partial charge is 0.156 e. The van der Waals surface area contributed by atoms with E-state index in [1.54, 1.807) is 0 Å². The Bertz CT molecular complexity index is 87.0. The molecule has 0 spiro atoms. The molecule has 2 nitrogen and oxygen atoms in total. The Morgan fingerprint density at radius 3 is 2.78 bits per heavy atom. The van der Waals surface area contributed by atoms with Crippen molar-refractivity contribution >= 4 is 27.0 Å². The third-order valence-electron chi connectivity index (χ3n) is 0.663. The van der Waals surface area contributed by atoms with Crippen molar-refractivity contribution in [2.45, 2.75) is 13.3 Å². The molecule has 0 N–H and O–H groups in total. The second-order valence-corrected chi connectivity index (χ2v) is 3.56. The number of hydrogen-bond acceptors (Lipinski definition) is 2. The lowest BCUT2D eigenvalue weighted by molar-refractivity contribution is 0.348. The van der Waals surface area contributed by atoms with E-state index in [0.29, 0.717) is 12.4 Å². The van der Waals surface area contributed by atoms with Gasteiger partial charge in [0.25, 0.3) is 0 Å². The zero-order valence-corrected chi connectivity index (χ0v) is 7.83. The SMILES string of the molecule is CCCOS(=O)CCBr. The zero-order valence-electron chi connectivity index (χ0n) is 5.43. The fraction of sp³-hybridized carbons (Fsp3) is 1.00. The third-order valence-corrected chi connectivity index (χ3v) is 2.55. The lowest BCUT2D eigenvalue weighted by Gasteiger charge is -1.97. The molecule has 4 heteroatoms. The van der Waals surface area contributed by atoms with Crippen LogP contribution in [0.4, 0.5) is 0 Å². The number of rotatable bonds is 5. The van der Waals surface area contributed by atoms with Crippen LogP contribution in [0.3, 0.4) is 0 Å². The first-order chi connectivity index (χ1) is 4.31. The average molecular weight is 215 g/mol. The van der Waals surface area contributed by atoms with Gasteiger partial charge in [-0.15, -0.1) is 0 Å². The molecule has 0 aliphatic heterocycles. The maximum absolute atomic E-state index is 10.7. The molecule has 56 valence electrons.